The fraction of sp³-hybridized carbons (Fsp3) is 0.440. The van der Waals surface area contributed by atoms with Gasteiger partial charge in [-0.05, 0) is 56.5 Å². The second kappa shape index (κ2) is 13.1. The molecular formula is C25H33Cl2N3O4S. The van der Waals surface area contributed by atoms with Crippen molar-refractivity contribution in [2.24, 2.45) is 0 Å². The fourth-order valence-electron chi connectivity index (χ4n) is 3.73. The first-order chi connectivity index (χ1) is 16.4. The lowest BCUT2D eigenvalue weighted by Crippen LogP contribution is -2.50. The van der Waals surface area contributed by atoms with E-state index in [0.29, 0.717) is 27.7 Å². The van der Waals surface area contributed by atoms with Crippen molar-refractivity contribution in [2.45, 2.75) is 58.7 Å². The van der Waals surface area contributed by atoms with Gasteiger partial charge in [0.25, 0.3) is 0 Å². The normalized spacial score (nSPS) is 12.3. The summed E-state index contributed by atoms with van der Waals surface area (Å²) in [5.74, 6) is -0.508. The Morgan fingerprint density at radius 2 is 1.71 bits per heavy atom. The highest BCUT2D eigenvalue weighted by Gasteiger charge is 2.29. The van der Waals surface area contributed by atoms with Gasteiger partial charge in [-0.2, -0.15) is 0 Å². The number of carbonyl (C=O) groups is 2. The van der Waals surface area contributed by atoms with Crippen molar-refractivity contribution in [3.63, 3.8) is 0 Å². The van der Waals surface area contributed by atoms with Crippen LogP contribution >= 0.6 is 23.2 Å². The van der Waals surface area contributed by atoms with E-state index in [4.69, 9.17) is 23.2 Å². The predicted molar refractivity (Wildman–Crippen MR) is 142 cm³/mol. The zero-order valence-electron chi connectivity index (χ0n) is 20.5. The van der Waals surface area contributed by atoms with E-state index in [-0.39, 0.29) is 43.8 Å². The zero-order valence-corrected chi connectivity index (χ0v) is 22.8. The second-order valence-electron chi connectivity index (χ2n) is 8.62. The van der Waals surface area contributed by atoms with Crippen LogP contribution in [0.5, 0.6) is 0 Å². The molecule has 0 unspecified atom stereocenters. The van der Waals surface area contributed by atoms with Gasteiger partial charge in [0.05, 0.1) is 11.9 Å². The number of amides is 2. The Morgan fingerprint density at radius 3 is 2.26 bits per heavy atom. The average molecular weight is 543 g/mol. The van der Waals surface area contributed by atoms with Gasteiger partial charge in [-0.1, -0.05) is 54.4 Å². The van der Waals surface area contributed by atoms with Crippen molar-refractivity contribution in [1.29, 1.82) is 0 Å². The summed E-state index contributed by atoms with van der Waals surface area (Å²) in [4.78, 5) is 27.8. The topological polar surface area (TPSA) is 86.8 Å². The zero-order chi connectivity index (χ0) is 26.2. The molecule has 1 atom stereocenters. The maximum Gasteiger partial charge on any atom is 0.243 e. The summed E-state index contributed by atoms with van der Waals surface area (Å²) in [5.41, 5.74) is 1.21. The van der Waals surface area contributed by atoms with Gasteiger partial charge in [0, 0.05) is 35.6 Å². The predicted octanol–water partition coefficient (Wildman–Crippen LogP) is 4.87. The van der Waals surface area contributed by atoms with Crippen molar-refractivity contribution >= 4 is 50.7 Å². The number of sulfonamides is 1. The summed E-state index contributed by atoms with van der Waals surface area (Å²) >= 11 is 12.4. The van der Waals surface area contributed by atoms with Crippen molar-refractivity contribution in [1.82, 2.24) is 10.2 Å². The van der Waals surface area contributed by atoms with E-state index in [2.05, 4.69) is 5.32 Å². The van der Waals surface area contributed by atoms with Crippen molar-refractivity contribution in [3.05, 3.63) is 64.1 Å². The highest BCUT2D eigenvalue weighted by atomic mass is 35.5. The summed E-state index contributed by atoms with van der Waals surface area (Å²) in [6.45, 7) is 5.83. The van der Waals surface area contributed by atoms with E-state index in [1.165, 1.54) is 9.21 Å². The molecule has 0 aromatic heterocycles. The number of nitrogens with zero attached hydrogens (tertiary/aromatic N) is 2. The number of anilines is 1. The maximum atomic E-state index is 13.4. The van der Waals surface area contributed by atoms with Crippen LogP contribution in [0.2, 0.25) is 10.0 Å². The van der Waals surface area contributed by atoms with E-state index in [1.807, 2.05) is 20.8 Å². The summed E-state index contributed by atoms with van der Waals surface area (Å²) in [6.07, 6.45) is 1.90. The summed E-state index contributed by atoms with van der Waals surface area (Å²) in [5, 5.41) is 3.76. The highest BCUT2D eigenvalue weighted by Crippen LogP contribution is 2.24. The number of hydrogen-bond donors (Lipinski definition) is 1. The Balaban J connectivity index is 2.24. The molecular weight excluding hydrogens is 509 g/mol. The molecule has 2 aromatic carbocycles. The Labute approximate surface area is 218 Å². The van der Waals surface area contributed by atoms with Crippen LogP contribution in [0.3, 0.4) is 0 Å². The molecule has 0 bridgehead atoms. The summed E-state index contributed by atoms with van der Waals surface area (Å²) in [6, 6.07) is 13.0. The van der Waals surface area contributed by atoms with Crippen LogP contribution in [-0.4, -0.2) is 50.0 Å². The third-order valence-electron chi connectivity index (χ3n) is 5.37. The van der Waals surface area contributed by atoms with Crippen LogP contribution in [0, 0.1) is 0 Å². The van der Waals surface area contributed by atoms with Crippen LogP contribution in [0.15, 0.2) is 48.5 Å². The second-order valence-corrected chi connectivity index (χ2v) is 11.4. The lowest BCUT2D eigenvalue weighted by molar-refractivity contribution is -0.141. The summed E-state index contributed by atoms with van der Waals surface area (Å²) in [7, 11) is -3.53. The Hall–Kier alpha value is -2.29. The molecule has 0 aliphatic heterocycles. The first-order valence-electron chi connectivity index (χ1n) is 11.5. The Morgan fingerprint density at radius 1 is 1.06 bits per heavy atom. The van der Waals surface area contributed by atoms with E-state index in [9.17, 15) is 18.0 Å². The molecule has 7 nitrogen and oxygen atoms in total. The van der Waals surface area contributed by atoms with Gasteiger partial charge in [-0.3, -0.25) is 13.9 Å². The molecule has 2 rings (SSSR count). The molecule has 2 amide bonds. The van der Waals surface area contributed by atoms with E-state index >= 15 is 0 Å². The first-order valence-corrected chi connectivity index (χ1v) is 14.1. The molecule has 0 aliphatic rings. The van der Waals surface area contributed by atoms with Crippen molar-refractivity contribution in [2.75, 3.05) is 17.1 Å². The van der Waals surface area contributed by atoms with Crippen LogP contribution in [0.1, 0.15) is 45.6 Å². The van der Waals surface area contributed by atoms with Gasteiger partial charge in [0.1, 0.15) is 6.04 Å². The average Bonchev–Trinajstić information content (AvgIpc) is 2.77. The largest absolute Gasteiger partial charge is 0.352 e. The minimum atomic E-state index is -3.53. The molecule has 0 aliphatic carbocycles. The van der Waals surface area contributed by atoms with E-state index in [1.54, 1.807) is 48.5 Å². The van der Waals surface area contributed by atoms with Gasteiger partial charge in [-0.25, -0.2) is 8.42 Å². The van der Waals surface area contributed by atoms with Crippen molar-refractivity contribution < 1.29 is 18.0 Å². The molecule has 0 heterocycles. The van der Waals surface area contributed by atoms with Crippen LogP contribution in [0.25, 0.3) is 0 Å². The minimum Gasteiger partial charge on any atom is -0.352 e. The van der Waals surface area contributed by atoms with Gasteiger partial charge >= 0.3 is 0 Å². The quantitative estimate of drug-likeness (QED) is 0.415. The number of hydrogen-bond acceptors (Lipinski definition) is 4. The lowest BCUT2D eigenvalue weighted by atomic mass is 10.1. The highest BCUT2D eigenvalue weighted by molar-refractivity contribution is 7.92. The smallest absolute Gasteiger partial charge is 0.243 e. The molecule has 1 N–H and O–H groups in total. The molecule has 0 saturated carbocycles. The Bertz CT molecular complexity index is 1110. The third kappa shape index (κ3) is 8.70. The van der Waals surface area contributed by atoms with E-state index in [0.717, 1.165) is 6.26 Å². The van der Waals surface area contributed by atoms with Gasteiger partial charge in [0.2, 0.25) is 21.8 Å². The molecule has 0 radical (unpaired) electrons. The van der Waals surface area contributed by atoms with E-state index < -0.39 is 16.1 Å². The lowest BCUT2D eigenvalue weighted by Gasteiger charge is -2.32. The standard InChI is InChI=1S/C25H33Cl2N3O4S/c1-5-23(25(32)28-18(2)3)29(17-19-13-14-20(26)16-22(19)27)24(31)12-9-15-30(35(4,33)34)21-10-7-6-8-11-21/h6-8,10-11,13-14,16,18,23H,5,9,12,15,17H2,1-4H3,(H,28,32)/t23-/m1/s1. The van der Waals surface area contributed by atoms with Crippen LogP contribution < -0.4 is 9.62 Å². The first kappa shape index (κ1) is 28.9. The molecule has 0 fully saturated rings. The third-order valence-corrected chi connectivity index (χ3v) is 7.15. The molecule has 10 heteroatoms. The van der Waals surface area contributed by atoms with Gasteiger partial charge in [0.15, 0.2) is 0 Å². The summed E-state index contributed by atoms with van der Waals surface area (Å²) < 4.78 is 26.0. The number of nitrogens with one attached hydrogen (secondary N) is 1. The molecule has 2 aromatic rings. The number of halogens is 2. The molecule has 0 spiro atoms. The number of benzene rings is 2. The minimum absolute atomic E-state index is 0.0650. The SMILES string of the molecule is CC[C@H](C(=O)NC(C)C)N(Cc1ccc(Cl)cc1Cl)C(=O)CCCN(c1ccccc1)S(C)(=O)=O. The van der Waals surface area contributed by atoms with Crippen molar-refractivity contribution in [3.8, 4) is 0 Å². The number of rotatable bonds is 12. The number of para-hydroxylation sites is 1. The van der Waals surface area contributed by atoms with Crippen LogP contribution in [0.4, 0.5) is 5.69 Å². The molecule has 0 saturated heterocycles. The molecule has 35 heavy (non-hydrogen) atoms. The molecule has 192 valence electrons. The monoisotopic (exact) mass is 541 g/mol. The van der Waals surface area contributed by atoms with Crippen LogP contribution in [-0.2, 0) is 26.2 Å². The van der Waals surface area contributed by atoms with Gasteiger partial charge in [-0.15, -0.1) is 0 Å². The number of carbonyl (C=O) groups excluding carboxylic acids is 2. The Kier molecular flexibility index (Phi) is 10.9. The maximum absolute atomic E-state index is 13.4. The fourth-order valence-corrected chi connectivity index (χ4v) is 5.17. The van der Waals surface area contributed by atoms with Gasteiger partial charge < -0.3 is 10.2 Å².